The molecular formula is C33H27ClN2O7. The number of carboxylic acids is 1. The van der Waals surface area contributed by atoms with Gasteiger partial charge in [-0.3, -0.25) is 14.4 Å². The summed E-state index contributed by atoms with van der Waals surface area (Å²) in [4.78, 5) is 51.0. The molecule has 43 heavy (non-hydrogen) atoms. The minimum absolute atomic E-state index is 0.0144. The molecule has 0 aliphatic heterocycles. The molecule has 4 aromatic carbocycles. The lowest BCUT2D eigenvalue weighted by Crippen LogP contribution is -2.45. The van der Waals surface area contributed by atoms with E-state index in [1.54, 1.807) is 30.3 Å². The van der Waals surface area contributed by atoms with Gasteiger partial charge in [-0.1, -0.05) is 60.1 Å². The van der Waals surface area contributed by atoms with Crippen molar-refractivity contribution in [1.29, 1.82) is 0 Å². The molecule has 3 N–H and O–H groups in total. The Bertz CT molecular complexity index is 1660. The largest absolute Gasteiger partial charge is 0.497 e. The number of halogens is 1. The first-order chi connectivity index (χ1) is 20.7. The van der Waals surface area contributed by atoms with E-state index in [9.17, 15) is 24.3 Å². The Morgan fingerprint density at radius 3 is 2.12 bits per heavy atom. The smallest absolute Gasteiger partial charge is 0.407 e. The lowest BCUT2D eigenvalue weighted by molar-refractivity contribution is -0.139. The van der Waals surface area contributed by atoms with E-state index in [0.29, 0.717) is 16.3 Å². The van der Waals surface area contributed by atoms with Crippen LogP contribution in [-0.4, -0.2) is 48.6 Å². The second kappa shape index (κ2) is 12.8. The molecule has 5 rings (SSSR count). The summed E-state index contributed by atoms with van der Waals surface area (Å²) >= 11 is 5.95. The third-order valence-corrected chi connectivity index (χ3v) is 7.42. The molecule has 218 valence electrons. The molecule has 0 heterocycles. The quantitative estimate of drug-likeness (QED) is 0.194. The van der Waals surface area contributed by atoms with Crippen LogP contribution in [0.25, 0.3) is 11.1 Å². The van der Waals surface area contributed by atoms with Gasteiger partial charge in [-0.25, -0.2) is 4.79 Å². The van der Waals surface area contributed by atoms with Crippen molar-refractivity contribution in [2.75, 3.05) is 19.0 Å². The van der Waals surface area contributed by atoms with Gasteiger partial charge < -0.3 is 25.2 Å². The third kappa shape index (κ3) is 6.52. The standard InChI is InChI=1S/C33H27ClN2O7/c1-42-21-14-15-28(26(16-21)31(39)19-10-12-20(34)13-11-19)35-32(40)29(17-30(37)38)36-33(41)43-18-27-24-8-4-2-6-22(24)23-7-3-5-9-25(23)27/h2-16,27,29H,17-18H2,1H3,(H,35,40)(H,36,41)(H,37,38). The second-order valence-corrected chi connectivity index (χ2v) is 10.3. The summed E-state index contributed by atoms with van der Waals surface area (Å²) in [5.74, 6) is -2.43. The maximum Gasteiger partial charge on any atom is 0.407 e. The third-order valence-electron chi connectivity index (χ3n) is 7.17. The van der Waals surface area contributed by atoms with Crippen molar-refractivity contribution in [3.63, 3.8) is 0 Å². The number of aliphatic carboxylic acids is 1. The summed E-state index contributed by atoms with van der Waals surface area (Å²) in [5, 5.41) is 14.9. The zero-order valence-corrected chi connectivity index (χ0v) is 23.8. The van der Waals surface area contributed by atoms with Gasteiger partial charge in [0.15, 0.2) is 5.78 Å². The predicted molar refractivity (Wildman–Crippen MR) is 161 cm³/mol. The molecule has 0 bridgehead atoms. The average Bonchev–Trinajstić information content (AvgIpc) is 3.33. The van der Waals surface area contributed by atoms with E-state index in [-0.39, 0.29) is 23.8 Å². The van der Waals surface area contributed by atoms with E-state index in [1.165, 1.54) is 19.2 Å². The fourth-order valence-electron chi connectivity index (χ4n) is 5.09. The number of methoxy groups -OCH3 is 1. The molecule has 0 saturated carbocycles. The number of benzene rings is 4. The Morgan fingerprint density at radius 1 is 0.884 bits per heavy atom. The first kappa shape index (κ1) is 29.3. The maximum absolute atomic E-state index is 13.3. The number of amides is 2. The zero-order valence-electron chi connectivity index (χ0n) is 23.0. The number of nitrogens with one attached hydrogen (secondary N) is 2. The Balaban J connectivity index is 1.31. The fourth-order valence-corrected chi connectivity index (χ4v) is 5.22. The molecule has 9 nitrogen and oxygen atoms in total. The number of hydrogen-bond donors (Lipinski definition) is 3. The lowest BCUT2D eigenvalue weighted by Gasteiger charge is -2.19. The van der Waals surface area contributed by atoms with Crippen LogP contribution in [0.4, 0.5) is 10.5 Å². The number of ketones is 1. The molecule has 1 atom stereocenters. The Kier molecular flexibility index (Phi) is 8.73. The highest BCUT2D eigenvalue weighted by atomic mass is 35.5. The monoisotopic (exact) mass is 598 g/mol. The van der Waals surface area contributed by atoms with Crippen LogP contribution in [0.3, 0.4) is 0 Å². The lowest BCUT2D eigenvalue weighted by atomic mass is 9.98. The van der Waals surface area contributed by atoms with E-state index in [2.05, 4.69) is 10.6 Å². The SMILES string of the molecule is COc1ccc(NC(=O)C(CC(=O)O)NC(=O)OCC2c3ccccc3-c3ccccc32)c(C(=O)c2ccc(Cl)cc2)c1. The van der Waals surface area contributed by atoms with Gasteiger partial charge in [0.1, 0.15) is 18.4 Å². The number of fused-ring (bicyclic) bond motifs is 3. The van der Waals surface area contributed by atoms with Crippen molar-refractivity contribution in [1.82, 2.24) is 5.32 Å². The second-order valence-electron chi connectivity index (χ2n) is 9.86. The number of carbonyl (C=O) groups is 4. The van der Waals surface area contributed by atoms with Crippen LogP contribution >= 0.6 is 11.6 Å². The molecule has 0 radical (unpaired) electrons. The molecule has 0 spiro atoms. The van der Waals surface area contributed by atoms with Gasteiger partial charge in [0.25, 0.3) is 0 Å². The highest BCUT2D eigenvalue weighted by Gasteiger charge is 2.31. The van der Waals surface area contributed by atoms with Crippen molar-refractivity contribution in [2.24, 2.45) is 0 Å². The van der Waals surface area contributed by atoms with Crippen molar-refractivity contribution < 1.29 is 33.8 Å². The van der Waals surface area contributed by atoms with E-state index >= 15 is 0 Å². The molecule has 10 heteroatoms. The Morgan fingerprint density at radius 2 is 1.51 bits per heavy atom. The van der Waals surface area contributed by atoms with Crippen LogP contribution in [0.1, 0.15) is 39.4 Å². The maximum atomic E-state index is 13.3. The minimum Gasteiger partial charge on any atom is -0.497 e. The van der Waals surface area contributed by atoms with Crippen LogP contribution in [0.2, 0.25) is 5.02 Å². The number of carbonyl (C=O) groups excluding carboxylic acids is 3. The first-order valence-electron chi connectivity index (χ1n) is 13.4. The van der Waals surface area contributed by atoms with E-state index in [4.69, 9.17) is 21.1 Å². The molecule has 0 saturated heterocycles. The molecule has 1 aliphatic carbocycles. The summed E-state index contributed by atoms with van der Waals surface area (Å²) in [6.45, 7) is -0.0144. The van der Waals surface area contributed by atoms with Crippen molar-refractivity contribution >= 4 is 41.0 Å². The Hall–Kier alpha value is -5.15. The molecule has 1 aliphatic rings. The zero-order chi connectivity index (χ0) is 30.5. The van der Waals surface area contributed by atoms with E-state index in [1.807, 2.05) is 48.5 Å². The number of rotatable bonds is 10. The minimum atomic E-state index is -1.49. The topological polar surface area (TPSA) is 131 Å². The first-order valence-corrected chi connectivity index (χ1v) is 13.8. The molecule has 2 amide bonds. The normalized spacial score (nSPS) is 12.4. The number of alkyl carbamates (subject to hydrolysis) is 1. The molecular weight excluding hydrogens is 572 g/mol. The highest BCUT2D eigenvalue weighted by Crippen LogP contribution is 2.44. The predicted octanol–water partition coefficient (Wildman–Crippen LogP) is 5.90. The number of hydrogen-bond acceptors (Lipinski definition) is 6. The van der Waals surface area contributed by atoms with Gasteiger partial charge in [-0.15, -0.1) is 0 Å². The van der Waals surface area contributed by atoms with Crippen LogP contribution in [0.15, 0.2) is 91.0 Å². The summed E-state index contributed by atoms with van der Waals surface area (Å²) in [7, 11) is 1.44. The average molecular weight is 599 g/mol. The van der Waals surface area contributed by atoms with E-state index < -0.39 is 36.2 Å². The summed E-state index contributed by atoms with van der Waals surface area (Å²) in [6.07, 6.45) is -1.66. The summed E-state index contributed by atoms with van der Waals surface area (Å²) in [5.41, 5.74) is 4.65. The van der Waals surface area contributed by atoms with Crippen molar-refractivity contribution in [3.8, 4) is 16.9 Å². The van der Waals surface area contributed by atoms with Crippen molar-refractivity contribution in [3.05, 3.63) is 118 Å². The van der Waals surface area contributed by atoms with Gasteiger partial charge in [-0.05, 0) is 64.7 Å². The number of anilines is 1. The van der Waals surface area contributed by atoms with Gasteiger partial charge in [0.2, 0.25) is 5.91 Å². The van der Waals surface area contributed by atoms with Crippen LogP contribution < -0.4 is 15.4 Å². The summed E-state index contributed by atoms with van der Waals surface area (Å²) < 4.78 is 10.8. The van der Waals surface area contributed by atoms with Gasteiger partial charge in [0.05, 0.1) is 19.2 Å². The Labute approximate surface area is 252 Å². The molecule has 0 aromatic heterocycles. The highest BCUT2D eigenvalue weighted by molar-refractivity contribution is 6.30. The molecule has 1 unspecified atom stereocenters. The van der Waals surface area contributed by atoms with Gasteiger partial charge in [0, 0.05) is 22.1 Å². The van der Waals surface area contributed by atoms with Crippen LogP contribution in [-0.2, 0) is 14.3 Å². The molecule has 0 fully saturated rings. The van der Waals surface area contributed by atoms with Crippen LogP contribution in [0, 0.1) is 0 Å². The van der Waals surface area contributed by atoms with Gasteiger partial charge in [-0.2, -0.15) is 0 Å². The summed E-state index contributed by atoms with van der Waals surface area (Å²) in [6, 6.07) is 24.9. The fraction of sp³-hybridized carbons (Fsp3) is 0.152. The van der Waals surface area contributed by atoms with Crippen molar-refractivity contribution in [2.45, 2.75) is 18.4 Å². The number of carboxylic acid groups (broad SMARTS) is 1. The molecule has 4 aromatic rings. The van der Waals surface area contributed by atoms with E-state index in [0.717, 1.165) is 22.3 Å². The van der Waals surface area contributed by atoms with Crippen LogP contribution in [0.5, 0.6) is 5.75 Å². The number of ether oxygens (including phenoxy) is 2. The van der Waals surface area contributed by atoms with Gasteiger partial charge >= 0.3 is 12.1 Å².